The number of hydrogen-bond donors (Lipinski definition) is 1. The van der Waals surface area contributed by atoms with Crippen LogP contribution in [0.4, 0.5) is 0 Å². The second-order valence-electron chi connectivity index (χ2n) is 5.47. The lowest BCUT2D eigenvalue weighted by Gasteiger charge is -2.30. The number of hydrogen-bond acceptors (Lipinski definition) is 2. The maximum absolute atomic E-state index is 3.67. The van der Waals surface area contributed by atoms with Gasteiger partial charge in [0, 0.05) is 15.2 Å². The van der Waals surface area contributed by atoms with Crippen molar-refractivity contribution in [3.63, 3.8) is 0 Å². The molecule has 3 rings (SSSR count). The quantitative estimate of drug-likeness (QED) is 0.779. The zero-order valence-corrected chi connectivity index (χ0v) is 13.7. The Kier molecular flexibility index (Phi) is 4.25. The summed E-state index contributed by atoms with van der Waals surface area (Å²) in [6.45, 7) is 0. The molecule has 19 heavy (non-hydrogen) atoms. The normalized spacial score (nSPS) is 18.8. The molecule has 1 aromatic carbocycles. The van der Waals surface area contributed by atoms with Crippen LogP contribution in [0.2, 0.25) is 0 Å². The Labute approximate surface area is 127 Å². The number of rotatable bonds is 3. The maximum atomic E-state index is 3.67. The van der Waals surface area contributed by atoms with Crippen molar-refractivity contribution in [2.45, 2.75) is 38.1 Å². The molecule has 0 saturated heterocycles. The second-order valence-corrected chi connectivity index (χ2v) is 7.21. The summed E-state index contributed by atoms with van der Waals surface area (Å²) >= 11 is 5.53. The molecule has 1 aliphatic rings. The van der Waals surface area contributed by atoms with Crippen LogP contribution in [0.5, 0.6) is 0 Å². The van der Waals surface area contributed by atoms with Crippen molar-refractivity contribution in [1.82, 2.24) is 5.32 Å². The summed E-state index contributed by atoms with van der Waals surface area (Å²) in [4.78, 5) is 0. The lowest BCUT2D eigenvalue weighted by atomic mass is 9.81. The average molecular weight is 338 g/mol. The lowest BCUT2D eigenvalue weighted by Crippen LogP contribution is -2.26. The molecule has 2 aromatic rings. The highest BCUT2D eigenvalue weighted by Gasteiger charge is 2.25. The molecule has 0 radical (unpaired) electrons. The second kappa shape index (κ2) is 5.94. The smallest absolute Gasteiger partial charge is 0.0488 e. The van der Waals surface area contributed by atoms with Crippen molar-refractivity contribution in [3.05, 3.63) is 33.6 Å². The van der Waals surface area contributed by atoms with Gasteiger partial charge in [0.05, 0.1) is 0 Å². The first-order chi connectivity index (χ1) is 9.31. The molecule has 102 valence electrons. The van der Waals surface area contributed by atoms with E-state index in [0.29, 0.717) is 6.04 Å². The first kappa shape index (κ1) is 13.6. The Bertz CT molecular complexity index is 557. The van der Waals surface area contributed by atoms with Gasteiger partial charge < -0.3 is 5.32 Å². The van der Waals surface area contributed by atoms with Gasteiger partial charge in [-0.3, -0.25) is 0 Å². The van der Waals surface area contributed by atoms with Gasteiger partial charge in [0.2, 0.25) is 0 Å². The van der Waals surface area contributed by atoms with E-state index in [2.05, 4.69) is 51.9 Å². The molecule has 0 bridgehead atoms. The molecule has 3 heteroatoms. The molecule has 0 amide bonds. The van der Waals surface area contributed by atoms with Gasteiger partial charge >= 0.3 is 0 Å². The van der Waals surface area contributed by atoms with Gasteiger partial charge in [-0.15, -0.1) is 11.3 Å². The van der Waals surface area contributed by atoms with Crippen LogP contribution in [0, 0.1) is 5.92 Å². The third kappa shape index (κ3) is 2.61. The van der Waals surface area contributed by atoms with E-state index >= 15 is 0 Å². The molecular formula is C16H20BrNS. The summed E-state index contributed by atoms with van der Waals surface area (Å²) in [5.41, 5.74) is 1.50. The van der Waals surface area contributed by atoms with Crippen LogP contribution >= 0.6 is 27.3 Å². The third-order valence-electron chi connectivity index (χ3n) is 4.35. The van der Waals surface area contributed by atoms with Gasteiger partial charge in [0.25, 0.3) is 0 Å². The van der Waals surface area contributed by atoms with Gasteiger partial charge in [-0.1, -0.05) is 31.4 Å². The summed E-state index contributed by atoms with van der Waals surface area (Å²) in [6, 6.07) is 7.07. The average Bonchev–Trinajstić information content (AvgIpc) is 2.87. The van der Waals surface area contributed by atoms with Gasteiger partial charge in [-0.05, 0) is 64.1 Å². The highest BCUT2D eigenvalue weighted by molar-refractivity contribution is 9.10. The molecule has 1 nitrogen and oxygen atoms in total. The SMILES string of the molecule is CNC(c1csc2c(Br)cccc12)C1CCCCC1. The van der Waals surface area contributed by atoms with Crippen molar-refractivity contribution >= 4 is 37.4 Å². The van der Waals surface area contributed by atoms with Gasteiger partial charge in [0.15, 0.2) is 0 Å². The minimum atomic E-state index is 0.517. The first-order valence-electron chi connectivity index (χ1n) is 7.14. The van der Waals surface area contributed by atoms with Crippen LogP contribution < -0.4 is 5.32 Å². The van der Waals surface area contributed by atoms with E-state index in [1.165, 1.54) is 52.2 Å². The molecule has 1 N–H and O–H groups in total. The van der Waals surface area contributed by atoms with E-state index < -0.39 is 0 Å². The molecule has 1 saturated carbocycles. The molecule has 1 aromatic heterocycles. The van der Waals surface area contributed by atoms with Crippen LogP contribution in [-0.2, 0) is 0 Å². The summed E-state index contributed by atoms with van der Waals surface area (Å²) in [5.74, 6) is 0.801. The first-order valence-corrected chi connectivity index (χ1v) is 8.81. The molecule has 1 unspecified atom stereocenters. The highest BCUT2D eigenvalue weighted by atomic mass is 79.9. The van der Waals surface area contributed by atoms with Crippen LogP contribution in [0.25, 0.3) is 10.1 Å². The van der Waals surface area contributed by atoms with Crippen molar-refractivity contribution in [2.75, 3.05) is 7.05 Å². The lowest BCUT2D eigenvalue weighted by molar-refractivity contribution is 0.283. The minimum absolute atomic E-state index is 0.517. The van der Waals surface area contributed by atoms with Crippen LogP contribution in [-0.4, -0.2) is 7.05 Å². The summed E-state index contributed by atoms with van der Waals surface area (Å²) in [7, 11) is 2.11. The number of fused-ring (bicyclic) bond motifs is 1. The van der Waals surface area contributed by atoms with Crippen molar-refractivity contribution in [2.24, 2.45) is 5.92 Å². The molecule has 1 aliphatic carbocycles. The van der Waals surface area contributed by atoms with Crippen molar-refractivity contribution in [3.8, 4) is 0 Å². The summed E-state index contributed by atoms with van der Waals surface area (Å²) < 4.78 is 2.60. The minimum Gasteiger partial charge on any atom is -0.313 e. The molecular weight excluding hydrogens is 318 g/mol. The van der Waals surface area contributed by atoms with E-state index in [4.69, 9.17) is 0 Å². The van der Waals surface area contributed by atoms with E-state index in [1.54, 1.807) is 0 Å². The Hall–Kier alpha value is -0.380. The Balaban J connectivity index is 1.99. The van der Waals surface area contributed by atoms with Crippen LogP contribution in [0.15, 0.2) is 28.1 Å². The standard InChI is InChI=1S/C16H20BrNS/c1-18-15(11-6-3-2-4-7-11)13-10-19-16-12(13)8-5-9-14(16)17/h5,8-11,15,18H,2-4,6-7H2,1H3. The number of thiophene rings is 1. The zero-order chi connectivity index (χ0) is 13.2. The zero-order valence-electron chi connectivity index (χ0n) is 11.3. The van der Waals surface area contributed by atoms with Gasteiger partial charge in [0.1, 0.15) is 0 Å². The van der Waals surface area contributed by atoms with Gasteiger partial charge in [-0.2, -0.15) is 0 Å². The number of halogens is 1. The Morgan fingerprint density at radius 1 is 1.26 bits per heavy atom. The summed E-state index contributed by atoms with van der Waals surface area (Å²) in [6.07, 6.45) is 6.96. The fourth-order valence-corrected chi connectivity index (χ4v) is 5.05. The predicted octanol–water partition coefficient (Wildman–Crippen LogP) is 5.50. The fourth-order valence-electron chi connectivity index (χ4n) is 3.40. The highest BCUT2D eigenvalue weighted by Crippen LogP contribution is 2.40. The fraction of sp³-hybridized carbons (Fsp3) is 0.500. The Morgan fingerprint density at radius 2 is 2.05 bits per heavy atom. The third-order valence-corrected chi connectivity index (χ3v) is 6.32. The predicted molar refractivity (Wildman–Crippen MR) is 87.9 cm³/mol. The van der Waals surface area contributed by atoms with Crippen molar-refractivity contribution < 1.29 is 0 Å². The monoisotopic (exact) mass is 337 g/mol. The largest absolute Gasteiger partial charge is 0.313 e. The van der Waals surface area contributed by atoms with Crippen LogP contribution in [0.3, 0.4) is 0 Å². The van der Waals surface area contributed by atoms with E-state index in [9.17, 15) is 0 Å². The van der Waals surface area contributed by atoms with Crippen molar-refractivity contribution in [1.29, 1.82) is 0 Å². The molecule has 1 heterocycles. The van der Waals surface area contributed by atoms with E-state index in [0.717, 1.165) is 5.92 Å². The molecule has 1 atom stereocenters. The topological polar surface area (TPSA) is 12.0 Å². The van der Waals surface area contributed by atoms with E-state index in [1.807, 2.05) is 11.3 Å². The van der Waals surface area contributed by atoms with Gasteiger partial charge in [-0.25, -0.2) is 0 Å². The maximum Gasteiger partial charge on any atom is 0.0488 e. The number of nitrogens with one attached hydrogen (secondary N) is 1. The summed E-state index contributed by atoms with van der Waals surface area (Å²) in [5, 5.41) is 7.35. The Morgan fingerprint density at radius 3 is 2.79 bits per heavy atom. The molecule has 0 aliphatic heterocycles. The van der Waals surface area contributed by atoms with Crippen LogP contribution in [0.1, 0.15) is 43.7 Å². The van der Waals surface area contributed by atoms with E-state index in [-0.39, 0.29) is 0 Å². The number of benzene rings is 1. The molecule has 1 fully saturated rings. The molecule has 0 spiro atoms.